The fraction of sp³-hybridized carbons (Fsp3) is 0.933. The number of alkyl carbamates (subject to hydrolysis) is 1. The molecule has 4 atom stereocenters. The molecule has 110 valence electrons. The minimum absolute atomic E-state index is 0.326. The zero-order chi connectivity index (χ0) is 14.3. The summed E-state index contributed by atoms with van der Waals surface area (Å²) in [6.07, 6.45) is 4.56. The zero-order valence-electron chi connectivity index (χ0n) is 12.5. The van der Waals surface area contributed by atoms with Crippen molar-refractivity contribution in [1.29, 1.82) is 0 Å². The Morgan fingerprint density at radius 3 is 2.68 bits per heavy atom. The van der Waals surface area contributed by atoms with Crippen LogP contribution in [-0.4, -0.2) is 28.4 Å². The summed E-state index contributed by atoms with van der Waals surface area (Å²) < 4.78 is 5.31. The maximum atomic E-state index is 12.0. The SMILES string of the molecule is CC(C)(C)OC(=O)NC1(C)CC2CCCC(C2)C1O. The third kappa shape index (κ3) is 3.41. The molecule has 0 aromatic heterocycles. The number of nitrogens with one attached hydrogen (secondary N) is 1. The molecule has 0 saturated heterocycles. The number of aliphatic hydroxyl groups excluding tert-OH is 1. The number of aliphatic hydroxyl groups is 1. The lowest BCUT2D eigenvalue weighted by Gasteiger charge is -2.49. The van der Waals surface area contributed by atoms with Crippen molar-refractivity contribution in [3.8, 4) is 0 Å². The molecule has 4 heteroatoms. The van der Waals surface area contributed by atoms with Crippen molar-refractivity contribution in [2.45, 2.75) is 77.0 Å². The lowest BCUT2D eigenvalue weighted by atomic mass is 9.63. The molecule has 2 N–H and O–H groups in total. The molecule has 19 heavy (non-hydrogen) atoms. The van der Waals surface area contributed by atoms with Gasteiger partial charge in [-0.2, -0.15) is 0 Å². The zero-order valence-corrected chi connectivity index (χ0v) is 12.5. The highest BCUT2D eigenvalue weighted by atomic mass is 16.6. The summed E-state index contributed by atoms with van der Waals surface area (Å²) in [6.45, 7) is 7.49. The smallest absolute Gasteiger partial charge is 0.408 e. The number of hydrogen-bond donors (Lipinski definition) is 2. The van der Waals surface area contributed by atoms with Gasteiger partial charge in [0.25, 0.3) is 0 Å². The van der Waals surface area contributed by atoms with Crippen LogP contribution in [0.4, 0.5) is 4.79 Å². The molecule has 2 saturated carbocycles. The second-order valence-corrected chi connectivity index (χ2v) is 7.49. The first-order valence-electron chi connectivity index (χ1n) is 7.39. The number of carbonyl (C=O) groups is 1. The first kappa shape index (κ1) is 14.6. The molecule has 4 unspecified atom stereocenters. The molecular weight excluding hydrogens is 242 g/mol. The van der Waals surface area contributed by atoms with E-state index in [0.717, 1.165) is 19.3 Å². The Balaban J connectivity index is 2.03. The number of carbonyl (C=O) groups excluding carboxylic acids is 1. The van der Waals surface area contributed by atoms with E-state index in [1.807, 2.05) is 27.7 Å². The second-order valence-electron chi connectivity index (χ2n) is 7.49. The molecule has 0 spiro atoms. The number of amides is 1. The predicted octanol–water partition coefficient (Wildman–Crippen LogP) is 2.84. The van der Waals surface area contributed by atoms with E-state index < -0.39 is 23.3 Å². The predicted molar refractivity (Wildman–Crippen MR) is 73.8 cm³/mol. The van der Waals surface area contributed by atoms with Crippen LogP contribution in [0.3, 0.4) is 0 Å². The highest BCUT2D eigenvalue weighted by molar-refractivity contribution is 5.69. The Labute approximate surface area is 115 Å². The Morgan fingerprint density at radius 2 is 2.05 bits per heavy atom. The van der Waals surface area contributed by atoms with Crippen LogP contribution in [0.5, 0.6) is 0 Å². The van der Waals surface area contributed by atoms with Gasteiger partial charge in [-0.05, 0) is 58.8 Å². The van der Waals surface area contributed by atoms with Crippen molar-refractivity contribution in [3.05, 3.63) is 0 Å². The summed E-state index contributed by atoms with van der Waals surface area (Å²) >= 11 is 0. The molecule has 2 bridgehead atoms. The number of hydrogen-bond acceptors (Lipinski definition) is 3. The third-order valence-corrected chi connectivity index (χ3v) is 4.42. The highest BCUT2D eigenvalue weighted by Crippen LogP contribution is 2.44. The molecule has 0 radical (unpaired) electrons. The number of rotatable bonds is 1. The normalized spacial score (nSPS) is 38.7. The van der Waals surface area contributed by atoms with E-state index in [-0.39, 0.29) is 0 Å². The minimum Gasteiger partial charge on any atom is -0.444 e. The number of fused-ring (bicyclic) bond motifs is 2. The van der Waals surface area contributed by atoms with Gasteiger partial charge in [0.1, 0.15) is 5.60 Å². The molecule has 2 aliphatic rings. The van der Waals surface area contributed by atoms with Crippen molar-refractivity contribution >= 4 is 6.09 Å². The molecule has 2 rings (SSSR count). The van der Waals surface area contributed by atoms with Crippen LogP contribution < -0.4 is 5.32 Å². The van der Waals surface area contributed by atoms with Crippen LogP contribution in [0.25, 0.3) is 0 Å². The largest absolute Gasteiger partial charge is 0.444 e. The summed E-state index contributed by atoms with van der Waals surface area (Å²) in [5.74, 6) is 0.953. The average Bonchev–Trinajstić information content (AvgIpc) is 2.23. The molecule has 0 heterocycles. The van der Waals surface area contributed by atoms with Crippen LogP contribution in [0, 0.1) is 11.8 Å². The Kier molecular flexibility index (Phi) is 3.83. The van der Waals surface area contributed by atoms with Crippen LogP contribution in [-0.2, 0) is 4.74 Å². The summed E-state index contributed by atoms with van der Waals surface area (Å²) in [5, 5.41) is 13.4. The van der Waals surface area contributed by atoms with Gasteiger partial charge in [0.05, 0.1) is 11.6 Å². The summed E-state index contributed by atoms with van der Waals surface area (Å²) in [5.41, 5.74) is -1.05. The van der Waals surface area contributed by atoms with E-state index in [1.165, 1.54) is 12.8 Å². The molecule has 4 nitrogen and oxygen atoms in total. The quantitative estimate of drug-likeness (QED) is 0.769. The van der Waals surface area contributed by atoms with Gasteiger partial charge < -0.3 is 15.2 Å². The van der Waals surface area contributed by atoms with Gasteiger partial charge in [0.2, 0.25) is 0 Å². The van der Waals surface area contributed by atoms with Crippen molar-refractivity contribution in [3.63, 3.8) is 0 Å². The summed E-state index contributed by atoms with van der Waals surface area (Å²) in [6, 6.07) is 0. The summed E-state index contributed by atoms with van der Waals surface area (Å²) in [4.78, 5) is 12.0. The fourth-order valence-corrected chi connectivity index (χ4v) is 3.71. The Hall–Kier alpha value is -0.770. The molecule has 2 fully saturated rings. The van der Waals surface area contributed by atoms with E-state index in [1.54, 1.807) is 0 Å². The van der Waals surface area contributed by atoms with Crippen LogP contribution >= 0.6 is 0 Å². The Bertz CT molecular complexity index is 350. The van der Waals surface area contributed by atoms with Gasteiger partial charge >= 0.3 is 6.09 Å². The molecule has 2 aliphatic carbocycles. The molecule has 1 amide bonds. The van der Waals surface area contributed by atoms with Crippen molar-refractivity contribution < 1.29 is 14.6 Å². The van der Waals surface area contributed by atoms with Crippen LogP contribution in [0.2, 0.25) is 0 Å². The molecule has 0 aromatic rings. The molecular formula is C15H27NO3. The lowest BCUT2D eigenvalue weighted by Crippen LogP contribution is -2.61. The second kappa shape index (κ2) is 4.97. The van der Waals surface area contributed by atoms with Gasteiger partial charge in [-0.15, -0.1) is 0 Å². The fourth-order valence-electron chi connectivity index (χ4n) is 3.71. The standard InChI is InChI=1S/C15H27NO3/c1-14(2,3)19-13(18)16-15(4)9-10-6-5-7-11(8-10)12(15)17/h10-12,17H,5-9H2,1-4H3,(H,16,18). The van der Waals surface area contributed by atoms with Gasteiger partial charge in [0, 0.05) is 0 Å². The van der Waals surface area contributed by atoms with Crippen LogP contribution in [0.1, 0.15) is 59.8 Å². The average molecular weight is 269 g/mol. The van der Waals surface area contributed by atoms with E-state index in [9.17, 15) is 9.90 Å². The van der Waals surface area contributed by atoms with E-state index in [2.05, 4.69) is 5.32 Å². The topological polar surface area (TPSA) is 58.6 Å². The minimum atomic E-state index is -0.545. The first-order valence-corrected chi connectivity index (χ1v) is 7.39. The van der Waals surface area contributed by atoms with Crippen LogP contribution in [0.15, 0.2) is 0 Å². The van der Waals surface area contributed by atoms with Gasteiger partial charge in [-0.1, -0.05) is 12.8 Å². The van der Waals surface area contributed by atoms with Gasteiger partial charge in [-0.3, -0.25) is 0 Å². The van der Waals surface area contributed by atoms with E-state index >= 15 is 0 Å². The van der Waals surface area contributed by atoms with E-state index in [0.29, 0.717) is 11.8 Å². The van der Waals surface area contributed by atoms with E-state index in [4.69, 9.17) is 4.74 Å². The highest BCUT2D eigenvalue weighted by Gasteiger charge is 2.47. The van der Waals surface area contributed by atoms with Crippen molar-refractivity contribution in [1.82, 2.24) is 5.32 Å². The molecule has 0 aliphatic heterocycles. The first-order chi connectivity index (χ1) is 8.70. The van der Waals surface area contributed by atoms with Crippen molar-refractivity contribution in [2.75, 3.05) is 0 Å². The number of ether oxygens (including phenoxy) is 1. The third-order valence-electron chi connectivity index (χ3n) is 4.42. The lowest BCUT2D eigenvalue weighted by molar-refractivity contribution is -0.0536. The maximum Gasteiger partial charge on any atom is 0.408 e. The monoisotopic (exact) mass is 269 g/mol. The van der Waals surface area contributed by atoms with Gasteiger partial charge in [-0.25, -0.2) is 4.79 Å². The maximum absolute atomic E-state index is 12.0. The summed E-state index contributed by atoms with van der Waals surface area (Å²) in [7, 11) is 0. The van der Waals surface area contributed by atoms with Crippen molar-refractivity contribution in [2.24, 2.45) is 11.8 Å². The molecule has 0 aromatic carbocycles. The Morgan fingerprint density at radius 1 is 1.37 bits per heavy atom. The van der Waals surface area contributed by atoms with Gasteiger partial charge in [0.15, 0.2) is 0 Å².